The molecule has 6 heteroatoms. The van der Waals surface area contributed by atoms with Crippen LogP contribution in [0.4, 0.5) is 5.69 Å². The SMILES string of the molecule is COc1c(S(N)(=O)=O)cc(C)c(C)c1N. The second kappa shape index (κ2) is 3.71. The van der Waals surface area contributed by atoms with Gasteiger partial charge in [-0.2, -0.15) is 0 Å². The molecule has 0 atom stereocenters. The maximum absolute atomic E-state index is 11.3. The lowest BCUT2D eigenvalue weighted by Gasteiger charge is -2.13. The Hall–Kier alpha value is -1.27. The average Bonchev–Trinajstić information content (AvgIpc) is 2.12. The van der Waals surface area contributed by atoms with Crippen LogP contribution in [-0.4, -0.2) is 15.5 Å². The summed E-state index contributed by atoms with van der Waals surface area (Å²) in [7, 11) is -2.46. The Morgan fingerprint density at radius 1 is 1.33 bits per heavy atom. The third-order valence-corrected chi connectivity index (χ3v) is 3.24. The molecular weight excluding hydrogens is 216 g/mol. The Balaban J connectivity index is 3.68. The fourth-order valence-electron chi connectivity index (χ4n) is 1.31. The third-order valence-electron chi connectivity index (χ3n) is 2.32. The monoisotopic (exact) mass is 230 g/mol. The molecule has 15 heavy (non-hydrogen) atoms. The molecule has 5 nitrogen and oxygen atoms in total. The zero-order valence-electron chi connectivity index (χ0n) is 8.87. The first kappa shape index (κ1) is 11.8. The molecule has 0 aliphatic carbocycles. The van der Waals surface area contributed by atoms with Gasteiger partial charge in [-0.15, -0.1) is 0 Å². The van der Waals surface area contributed by atoms with Crippen LogP contribution in [0, 0.1) is 13.8 Å². The van der Waals surface area contributed by atoms with Gasteiger partial charge in [-0.1, -0.05) is 0 Å². The minimum atomic E-state index is -3.81. The average molecular weight is 230 g/mol. The normalized spacial score (nSPS) is 11.5. The molecule has 0 radical (unpaired) electrons. The summed E-state index contributed by atoms with van der Waals surface area (Å²) in [6.07, 6.45) is 0. The molecule has 0 fully saturated rings. The van der Waals surface area contributed by atoms with Gasteiger partial charge in [-0.05, 0) is 31.0 Å². The summed E-state index contributed by atoms with van der Waals surface area (Å²) in [6.45, 7) is 3.56. The molecule has 0 heterocycles. The lowest BCUT2D eigenvalue weighted by atomic mass is 10.1. The summed E-state index contributed by atoms with van der Waals surface area (Å²) in [5, 5.41) is 5.06. The van der Waals surface area contributed by atoms with Crippen molar-refractivity contribution in [1.82, 2.24) is 0 Å². The fraction of sp³-hybridized carbons (Fsp3) is 0.333. The highest BCUT2D eigenvalue weighted by atomic mass is 32.2. The van der Waals surface area contributed by atoms with Gasteiger partial charge in [0.25, 0.3) is 0 Å². The van der Waals surface area contributed by atoms with Crippen molar-refractivity contribution < 1.29 is 13.2 Å². The molecular formula is C9H14N2O3S. The largest absolute Gasteiger partial charge is 0.493 e. The highest BCUT2D eigenvalue weighted by molar-refractivity contribution is 7.89. The topological polar surface area (TPSA) is 95.4 Å². The van der Waals surface area contributed by atoms with Gasteiger partial charge in [0.05, 0.1) is 12.8 Å². The standard InChI is InChI=1S/C9H14N2O3S/c1-5-4-7(15(11,12)13)9(14-3)8(10)6(5)2/h4H,10H2,1-3H3,(H2,11,12,13). The maximum Gasteiger partial charge on any atom is 0.241 e. The number of sulfonamides is 1. The molecule has 1 aromatic carbocycles. The summed E-state index contributed by atoms with van der Waals surface area (Å²) in [4.78, 5) is -0.0781. The van der Waals surface area contributed by atoms with Crippen molar-refractivity contribution >= 4 is 15.7 Å². The number of nitrogens with two attached hydrogens (primary N) is 2. The first-order chi connectivity index (χ1) is 6.79. The van der Waals surface area contributed by atoms with Crippen LogP contribution in [-0.2, 0) is 10.0 Å². The summed E-state index contributed by atoms with van der Waals surface area (Å²) in [6, 6.07) is 1.46. The molecule has 4 N–H and O–H groups in total. The zero-order valence-corrected chi connectivity index (χ0v) is 9.68. The van der Waals surface area contributed by atoms with Crippen molar-refractivity contribution in [3.63, 3.8) is 0 Å². The van der Waals surface area contributed by atoms with E-state index in [0.717, 1.165) is 11.1 Å². The fourth-order valence-corrected chi connectivity index (χ4v) is 2.10. The summed E-state index contributed by atoms with van der Waals surface area (Å²) in [5.74, 6) is 0.112. The minimum absolute atomic E-state index is 0.0781. The number of aryl methyl sites for hydroxylation is 1. The minimum Gasteiger partial charge on any atom is -0.493 e. The van der Waals surface area contributed by atoms with Crippen LogP contribution in [0.2, 0.25) is 0 Å². The molecule has 0 amide bonds. The number of benzene rings is 1. The molecule has 0 spiro atoms. The van der Waals surface area contributed by atoms with Gasteiger partial charge in [0, 0.05) is 0 Å². The molecule has 0 saturated carbocycles. The van der Waals surface area contributed by atoms with Crippen LogP contribution in [0.15, 0.2) is 11.0 Å². The number of hydrogen-bond acceptors (Lipinski definition) is 4. The Morgan fingerprint density at radius 2 is 1.87 bits per heavy atom. The second-order valence-electron chi connectivity index (χ2n) is 3.31. The number of anilines is 1. The molecule has 0 bridgehead atoms. The molecule has 0 saturated heterocycles. The van der Waals surface area contributed by atoms with Crippen LogP contribution < -0.4 is 15.6 Å². The number of nitrogen functional groups attached to an aromatic ring is 1. The van der Waals surface area contributed by atoms with Gasteiger partial charge >= 0.3 is 0 Å². The Morgan fingerprint density at radius 3 is 2.27 bits per heavy atom. The first-order valence-electron chi connectivity index (χ1n) is 4.25. The number of rotatable bonds is 2. The van der Waals surface area contributed by atoms with Crippen molar-refractivity contribution in [2.24, 2.45) is 5.14 Å². The third kappa shape index (κ3) is 2.05. The number of hydrogen-bond donors (Lipinski definition) is 2. The Bertz CT molecular complexity index is 495. The van der Waals surface area contributed by atoms with E-state index in [-0.39, 0.29) is 10.6 Å². The van der Waals surface area contributed by atoms with Crippen molar-refractivity contribution in [2.45, 2.75) is 18.7 Å². The molecule has 1 rings (SSSR count). The molecule has 0 unspecified atom stereocenters. The van der Waals surface area contributed by atoms with Gasteiger partial charge in [-0.3, -0.25) is 0 Å². The van der Waals surface area contributed by atoms with Crippen molar-refractivity contribution in [2.75, 3.05) is 12.8 Å². The highest BCUT2D eigenvalue weighted by Gasteiger charge is 2.19. The molecule has 84 valence electrons. The first-order valence-corrected chi connectivity index (χ1v) is 5.80. The number of ether oxygens (including phenoxy) is 1. The molecule has 0 aromatic heterocycles. The summed E-state index contributed by atoms with van der Waals surface area (Å²) in [5.41, 5.74) is 7.61. The van der Waals surface area contributed by atoms with E-state index in [2.05, 4.69) is 0 Å². The van der Waals surface area contributed by atoms with Gasteiger partial charge in [0.15, 0.2) is 5.75 Å². The zero-order chi connectivity index (χ0) is 11.8. The van der Waals surface area contributed by atoms with E-state index < -0.39 is 10.0 Å². The van der Waals surface area contributed by atoms with Crippen LogP contribution in [0.5, 0.6) is 5.75 Å². The van der Waals surface area contributed by atoms with E-state index >= 15 is 0 Å². The van der Waals surface area contributed by atoms with Crippen molar-refractivity contribution in [3.8, 4) is 5.75 Å². The second-order valence-corrected chi connectivity index (χ2v) is 4.84. The quantitative estimate of drug-likeness (QED) is 0.725. The Labute approximate surface area is 89.1 Å². The van der Waals surface area contributed by atoms with E-state index in [4.69, 9.17) is 15.6 Å². The van der Waals surface area contributed by atoms with E-state index in [1.807, 2.05) is 0 Å². The Kier molecular flexibility index (Phi) is 2.92. The van der Waals surface area contributed by atoms with Crippen molar-refractivity contribution in [1.29, 1.82) is 0 Å². The van der Waals surface area contributed by atoms with E-state index in [1.54, 1.807) is 13.8 Å². The van der Waals surface area contributed by atoms with E-state index in [1.165, 1.54) is 13.2 Å². The van der Waals surface area contributed by atoms with Gasteiger partial charge < -0.3 is 10.5 Å². The van der Waals surface area contributed by atoms with Crippen molar-refractivity contribution in [3.05, 3.63) is 17.2 Å². The van der Waals surface area contributed by atoms with Gasteiger partial charge in [0.2, 0.25) is 10.0 Å². The number of primary sulfonamides is 1. The van der Waals surface area contributed by atoms with Crippen LogP contribution in [0.25, 0.3) is 0 Å². The number of methoxy groups -OCH3 is 1. The summed E-state index contributed by atoms with van der Waals surface area (Å²) >= 11 is 0. The van der Waals surface area contributed by atoms with E-state index in [0.29, 0.717) is 5.69 Å². The van der Waals surface area contributed by atoms with Gasteiger partial charge in [-0.25, -0.2) is 13.6 Å². The lowest BCUT2D eigenvalue weighted by Crippen LogP contribution is -2.15. The predicted octanol–water partition coefficient (Wildman–Crippen LogP) is 0.542. The molecule has 0 aliphatic heterocycles. The lowest BCUT2D eigenvalue weighted by molar-refractivity contribution is 0.404. The molecule has 1 aromatic rings. The van der Waals surface area contributed by atoms with Crippen LogP contribution >= 0.6 is 0 Å². The molecule has 0 aliphatic rings. The maximum atomic E-state index is 11.3. The van der Waals surface area contributed by atoms with E-state index in [9.17, 15) is 8.42 Å². The van der Waals surface area contributed by atoms with Crippen LogP contribution in [0.3, 0.4) is 0 Å². The summed E-state index contributed by atoms with van der Waals surface area (Å²) < 4.78 is 27.5. The predicted molar refractivity (Wildman–Crippen MR) is 58.3 cm³/mol. The van der Waals surface area contributed by atoms with Crippen LogP contribution in [0.1, 0.15) is 11.1 Å². The van der Waals surface area contributed by atoms with Gasteiger partial charge in [0.1, 0.15) is 4.90 Å². The smallest absolute Gasteiger partial charge is 0.241 e. The highest BCUT2D eigenvalue weighted by Crippen LogP contribution is 2.34.